The van der Waals surface area contributed by atoms with Crippen molar-refractivity contribution in [3.05, 3.63) is 31.8 Å². The molecule has 2 aromatic rings. The molecule has 0 atom stereocenters. The number of rotatable bonds is 1. The van der Waals surface area contributed by atoms with Gasteiger partial charge in [0, 0.05) is 13.6 Å². The fraction of sp³-hybridized carbons (Fsp3) is 0. The summed E-state index contributed by atoms with van der Waals surface area (Å²) in [6.07, 6.45) is 0. The number of aromatic nitrogens is 2. The molecule has 2 rings (SSSR count). The van der Waals surface area contributed by atoms with Gasteiger partial charge in [-0.2, -0.15) is 10.2 Å². The van der Waals surface area contributed by atoms with E-state index in [1.54, 1.807) is 0 Å². The molecule has 1 heterocycles. The smallest absolute Gasteiger partial charge is 0.222 e. The van der Waals surface area contributed by atoms with Gasteiger partial charge in [-0.1, -0.05) is 6.07 Å². The average Bonchev–Trinajstić information content (AvgIpc) is 2.32. The molecule has 5 nitrogen and oxygen atoms in total. The Bertz CT molecular complexity index is 665. The van der Waals surface area contributed by atoms with Gasteiger partial charge in [0.05, 0.1) is 5.69 Å². The summed E-state index contributed by atoms with van der Waals surface area (Å²) in [5.74, 6) is 0.144. The van der Waals surface area contributed by atoms with E-state index in [0.717, 1.165) is 13.6 Å². The van der Waals surface area contributed by atoms with Crippen LogP contribution < -0.4 is 11.5 Å². The highest BCUT2D eigenvalue weighted by atomic mass is 127. The van der Waals surface area contributed by atoms with E-state index in [-0.39, 0.29) is 17.3 Å². The highest BCUT2D eigenvalue weighted by molar-refractivity contribution is 14.1. The fourth-order valence-corrected chi connectivity index (χ4v) is 2.17. The first-order valence-electron chi connectivity index (χ1n) is 4.81. The first kappa shape index (κ1) is 13.0. The highest BCUT2D eigenvalue weighted by Gasteiger charge is 2.13. The number of nitrogen functional groups attached to an aromatic ring is 2. The van der Waals surface area contributed by atoms with Crippen molar-refractivity contribution in [2.45, 2.75) is 0 Å². The zero-order valence-corrected chi connectivity index (χ0v) is 12.7. The largest absolute Gasteiger partial charge is 0.382 e. The predicted molar refractivity (Wildman–Crippen MR) is 81.4 cm³/mol. The van der Waals surface area contributed by atoms with Gasteiger partial charge in [0.2, 0.25) is 5.95 Å². The second-order valence-electron chi connectivity index (χ2n) is 3.43. The molecule has 1 aromatic heterocycles. The fourth-order valence-electron chi connectivity index (χ4n) is 1.46. The Kier molecular flexibility index (Phi) is 3.68. The van der Waals surface area contributed by atoms with E-state index < -0.39 is 0 Å². The third kappa shape index (κ3) is 2.39. The molecule has 0 radical (unpaired) electrons. The third-order valence-electron chi connectivity index (χ3n) is 2.26. The molecule has 0 saturated heterocycles. The van der Waals surface area contributed by atoms with Crippen molar-refractivity contribution in [1.29, 1.82) is 5.26 Å². The van der Waals surface area contributed by atoms with Crippen molar-refractivity contribution in [1.82, 2.24) is 9.97 Å². The first-order valence-corrected chi connectivity index (χ1v) is 6.68. The van der Waals surface area contributed by atoms with Gasteiger partial charge < -0.3 is 11.5 Å². The summed E-state index contributed by atoms with van der Waals surface area (Å²) in [4.78, 5) is 7.87. The molecule has 0 fully saturated rings. The van der Waals surface area contributed by atoms with Gasteiger partial charge in [0.1, 0.15) is 17.5 Å². The zero-order chi connectivity index (χ0) is 13.3. The summed E-state index contributed by atoms with van der Waals surface area (Å²) in [6.45, 7) is 0. The van der Waals surface area contributed by atoms with Gasteiger partial charge in [0.25, 0.3) is 0 Å². The number of nitriles is 1. The van der Waals surface area contributed by atoms with Crippen molar-refractivity contribution in [2.75, 3.05) is 11.5 Å². The molecule has 0 amide bonds. The average molecular weight is 416 g/mol. The van der Waals surface area contributed by atoms with Crippen LogP contribution in [-0.2, 0) is 0 Å². The Morgan fingerprint density at radius 3 is 2.61 bits per heavy atom. The SMILES string of the molecule is N#Cc1c(N)nc(N)nc1-c1ccc(I)c(Br)c1. The van der Waals surface area contributed by atoms with Crippen molar-refractivity contribution in [3.63, 3.8) is 0 Å². The minimum absolute atomic E-state index is 0.0520. The summed E-state index contributed by atoms with van der Waals surface area (Å²) >= 11 is 5.63. The Hall–Kier alpha value is -1.40. The van der Waals surface area contributed by atoms with Crippen molar-refractivity contribution < 1.29 is 0 Å². The Morgan fingerprint density at radius 1 is 1.28 bits per heavy atom. The molecule has 0 aliphatic heterocycles. The van der Waals surface area contributed by atoms with Crippen LogP contribution >= 0.6 is 38.5 Å². The maximum atomic E-state index is 9.11. The second-order valence-corrected chi connectivity index (χ2v) is 5.45. The maximum absolute atomic E-state index is 9.11. The van der Waals surface area contributed by atoms with E-state index in [4.69, 9.17) is 16.7 Å². The summed E-state index contributed by atoms with van der Waals surface area (Å²) in [6, 6.07) is 7.63. The Labute approximate surface area is 125 Å². The van der Waals surface area contributed by atoms with Crippen molar-refractivity contribution in [2.24, 2.45) is 0 Å². The topological polar surface area (TPSA) is 102 Å². The standard InChI is InChI=1S/C11H7BrIN5/c12-7-3-5(1-2-8(7)13)9-6(4-14)10(15)18-11(16)17-9/h1-3H,(H4,15,16,17,18). The van der Waals surface area contributed by atoms with Crippen LogP contribution in [0, 0.1) is 14.9 Å². The Morgan fingerprint density at radius 2 is 2.00 bits per heavy atom. The number of nitrogens with zero attached hydrogens (tertiary/aromatic N) is 3. The van der Waals surface area contributed by atoms with Gasteiger partial charge in [0.15, 0.2) is 0 Å². The summed E-state index contributed by atoms with van der Waals surface area (Å²) < 4.78 is 1.98. The lowest BCUT2D eigenvalue weighted by molar-refractivity contribution is 1.18. The maximum Gasteiger partial charge on any atom is 0.222 e. The van der Waals surface area contributed by atoms with Gasteiger partial charge >= 0.3 is 0 Å². The lowest BCUT2D eigenvalue weighted by atomic mass is 10.1. The minimum Gasteiger partial charge on any atom is -0.382 e. The van der Waals surface area contributed by atoms with E-state index in [9.17, 15) is 0 Å². The van der Waals surface area contributed by atoms with Crippen LogP contribution in [0.3, 0.4) is 0 Å². The molecular weight excluding hydrogens is 409 g/mol. The molecule has 0 bridgehead atoms. The molecule has 18 heavy (non-hydrogen) atoms. The van der Waals surface area contributed by atoms with E-state index in [1.807, 2.05) is 24.3 Å². The van der Waals surface area contributed by atoms with Crippen LogP contribution in [0.2, 0.25) is 0 Å². The lowest BCUT2D eigenvalue weighted by Gasteiger charge is -2.07. The van der Waals surface area contributed by atoms with Crippen LogP contribution in [0.25, 0.3) is 11.3 Å². The lowest BCUT2D eigenvalue weighted by Crippen LogP contribution is -2.05. The molecular formula is C11H7BrIN5. The van der Waals surface area contributed by atoms with E-state index >= 15 is 0 Å². The highest BCUT2D eigenvalue weighted by Crippen LogP contribution is 2.29. The van der Waals surface area contributed by atoms with Crippen molar-refractivity contribution >= 4 is 50.3 Å². The molecule has 0 saturated carbocycles. The number of benzene rings is 1. The van der Waals surface area contributed by atoms with E-state index in [1.165, 1.54) is 0 Å². The normalized spacial score (nSPS) is 10.1. The van der Waals surface area contributed by atoms with Gasteiger partial charge in [-0.15, -0.1) is 0 Å². The van der Waals surface area contributed by atoms with Crippen LogP contribution in [-0.4, -0.2) is 9.97 Å². The first-order chi connectivity index (χ1) is 8.52. The third-order valence-corrected chi connectivity index (χ3v) is 4.60. The van der Waals surface area contributed by atoms with Gasteiger partial charge in [-0.05, 0) is 50.7 Å². The molecule has 0 aliphatic rings. The number of hydrogen-bond donors (Lipinski definition) is 2. The van der Waals surface area contributed by atoms with Gasteiger partial charge in [-0.3, -0.25) is 0 Å². The van der Waals surface area contributed by atoms with Crippen LogP contribution in [0.4, 0.5) is 11.8 Å². The molecule has 90 valence electrons. The molecule has 7 heteroatoms. The van der Waals surface area contributed by atoms with Crippen LogP contribution in [0.1, 0.15) is 5.56 Å². The molecule has 1 aromatic carbocycles. The number of anilines is 2. The van der Waals surface area contributed by atoms with E-state index in [2.05, 4.69) is 48.5 Å². The number of halogens is 2. The van der Waals surface area contributed by atoms with Crippen LogP contribution in [0.5, 0.6) is 0 Å². The molecule has 0 aliphatic carbocycles. The monoisotopic (exact) mass is 415 g/mol. The van der Waals surface area contributed by atoms with Gasteiger partial charge in [-0.25, -0.2) is 4.98 Å². The number of nitrogens with two attached hydrogens (primary N) is 2. The molecule has 0 unspecified atom stereocenters. The van der Waals surface area contributed by atoms with Crippen LogP contribution in [0.15, 0.2) is 22.7 Å². The second kappa shape index (κ2) is 5.07. The minimum atomic E-state index is 0.0520. The Balaban J connectivity index is 2.70. The van der Waals surface area contributed by atoms with Crippen molar-refractivity contribution in [3.8, 4) is 17.3 Å². The quantitative estimate of drug-likeness (QED) is 0.697. The summed E-state index contributed by atoms with van der Waals surface area (Å²) in [7, 11) is 0. The van der Waals surface area contributed by atoms with E-state index in [0.29, 0.717) is 5.69 Å². The molecule has 0 spiro atoms. The predicted octanol–water partition coefficient (Wildman–Crippen LogP) is 2.55. The zero-order valence-electron chi connectivity index (χ0n) is 8.98. The molecule has 4 N–H and O–H groups in total. The summed E-state index contributed by atoms with van der Waals surface area (Å²) in [5.41, 5.74) is 12.7. The summed E-state index contributed by atoms with van der Waals surface area (Å²) in [5, 5.41) is 9.11. The number of hydrogen-bond acceptors (Lipinski definition) is 5.